The molecule has 2 nitrogen and oxygen atoms in total. The van der Waals surface area contributed by atoms with Crippen LogP contribution in [0, 0.1) is 0 Å². The lowest BCUT2D eigenvalue weighted by Gasteiger charge is -2.14. The number of hydrogen-bond acceptors (Lipinski definition) is 3. The normalized spacial score (nSPS) is 12.5. The summed E-state index contributed by atoms with van der Waals surface area (Å²) in [6, 6.07) is 6.56. The summed E-state index contributed by atoms with van der Waals surface area (Å²) in [6.45, 7) is 4.43. The first-order chi connectivity index (χ1) is 8.17. The van der Waals surface area contributed by atoms with Gasteiger partial charge in [-0.2, -0.15) is 0 Å². The monoisotopic (exact) mass is 317 g/mol. The first kappa shape index (κ1) is 14.9. The second kappa shape index (κ2) is 8.01. The molecule has 0 saturated heterocycles. The molecule has 0 aromatic heterocycles. The molecule has 0 aliphatic heterocycles. The number of hydrogen-bond donors (Lipinski definition) is 1. The second-order valence-corrected chi connectivity index (χ2v) is 5.85. The van der Waals surface area contributed by atoms with E-state index in [1.807, 2.05) is 12.1 Å². The number of unbranched alkanes of at least 4 members (excludes halogenated alkanes) is 1. The lowest BCUT2D eigenvalue weighted by molar-refractivity contribution is 0.404. The van der Waals surface area contributed by atoms with Gasteiger partial charge >= 0.3 is 0 Å². The molecule has 17 heavy (non-hydrogen) atoms. The highest BCUT2D eigenvalue weighted by Gasteiger charge is 2.07. The number of ether oxygens (including phenoxy) is 1. The molecule has 0 aliphatic rings. The standard InChI is InChI=1S/C13H20BrNOS/c1-4-5-6-10(2)15-17-13-9-11(14)7-8-12(13)16-3/h7-10,15H,4-6H2,1-3H3. The Morgan fingerprint density at radius 3 is 2.88 bits per heavy atom. The third kappa shape index (κ3) is 5.32. The van der Waals surface area contributed by atoms with Crippen molar-refractivity contribution in [3.63, 3.8) is 0 Å². The highest BCUT2D eigenvalue weighted by atomic mass is 79.9. The molecule has 0 saturated carbocycles. The van der Waals surface area contributed by atoms with Gasteiger partial charge in [-0.05, 0) is 43.5 Å². The molecule has 0 spiro atoms. The molecule has 1 atom stereocenters. The van der Waals surface area contributed by atoms with Gasteiger partial charge in [-0.25, -0.2) is 0 Å². The van der Waals surface area contributed by atoms with Crippen molar-refractivity contribution in [2.24, 2.45) is 0 Å². The van der Waals surface area contributed by atoms with E-state index in [9.17, 15) is 0 Å². The fourth-order valence-corrected chi connectivity index (χ4v) is 2.86. The molecular formula is C13H20BrNOS. The Balaban J connectivity index is 2.52. The quantitative estimate of drug-likeness (QED) is 0.741. The van der Waals surface area contributed by atoms with E-state index in [0.29, 0.717) is 6.04 Å². The van der Waals surface area contributed by atoms with Crippen molar-refractivity contribution >= 4 is 27.9 Å². The van der Waals surface area contributed by atoms with Crippen LogP contribution in [0.2, 0.25) is 0 Å². The molecule has 1 unspecified atom stereocenters. The Morgan fingerprint density at radius 2 is 2.24 bits per heavy atom. The van der Waals surface area contributed by atoms with Gasteiger partial charge in [0.15, 0.2) is 0 Å². The lowest BCUT2D eigenvalue weighted by atomic mass is 10.2. The molecule has 0 fully saturated rings. The highest BCUT2D eigenvalue weighted by molar-refractivity contribution is 9.10. The molecule has 1 aromatic carbocycles. The Kier molecular flexibility index (Phi) is 7.00. The van der Waals surface area contributed by atoms with Crippen LogP contribution in [0.5, 0.6) is 5.75 Å². The van der Waals surface area contributed by atoms with Crippen molar-refractivity contribution in [2.45, 2.75) is 44.0 Å². The molecule has 1 aromatic rings. The third-order valence-corrected chi connectivity index (χ3v) is 4.04. The maximum atomic E-state index is 5.33. The summed E-state index contributed by atoms with van der Waals surface area (Å²) in [6.07, 6.45) is 3.72. The van der Waals surface area contributed by atoms with Gasteiger partial charge in [-0.3, -0.25) is 4.72 Å². The summed E-state index contributed by atoms with van der Waals surface area (Å²) in [4.78, 5) is 1.12. The largest absolute Gasteiger partial charge is 0.496 e. The van der Waals surface area contributed by atoms with Gasteiger partial charge in [0, 0.05) is 10.5 Å². The van der Waals surface area contributed by atoms with Crippen LogP contribution in [-0.4, -0.2) is 13.2 Å². The van der Waals surface area contributed by atoms with Crippen molar-refractivity contribution in [3.8, 4) is 5.75 Å². The van der Waals surface area contributed by atoms with Gasteiger partial charge in [0.2, 0.25) is 0 Å². The van der Waals surface area contributed by atoms with E-state index in [1.54, 1.807) is 19.1 Å². The molecule has 0 radical (unpaired) electrons. The Labute approximate surface area is 117 Å². The Morgan fingerprint density at radius 1 is 1.47 bits per heavy atom. The van der Waals surface area contributed by atoms with E-state index in [2.05, 4.69) is 40.6 Å². The van der Waals surface area contributed by atoms with Gasteiger partial charge in [0.05, 0.1) is 12.0 Å². The van der Waals surface area contributed by atoms with Crippen molar-refractivity contribution in [3.05, 3.63) is 22.7 Å². The molecule has 0 heterocycles. The summed E-state index contributed by atoms with van der Waals surface area (Å²) in [5, 5.41) is 0. The molecule has 0 amide bonds. The van der Waals surface area contributed by atoms with Crippen LogP contribution in [0.3, 0.4) is 0 Å². The number of halogens is 1. The molecule has 4 heteroatoms. The second-order valence-electron chi connectivity index (χ2n) is 4.06. The fourth-order valence-electron chi connectivity index (χ4n) is 1.46. The number of rotatable bonds is 7. The minimum absolute atomic E-state index is 0.517. The molecule has 1 N–H and O–H groups in total. The zero-order valence-corrected chi connectivity index (χ0v) is 13.0. The van der Waals surface area contributed by atoms with Crippen LogP contribution in [0.1, 0.15) is 33.1 Å². The van der Waals surface area contributed by atoms with Crippen LogP contribution in [0.4, 0.5) is 0 Å². The number of nitrogens with one attached hydrogen (secondary N) is 1. The van der Waals surface area contributed by atoms with E-state index in [-0.39, 0.29) is 0 Å². The molecular weight excluding hydrogens is 298 g/mol. The average molecular weight is 318 g/mol. The first-order valence-corrected chi connectivity index (χ1v) is 7.54. The third-order valence-electron chi connectivity index (χ3n) is 2.49. The topological polar surface area (TPSA) is 21.3 Å². The minimum atomic E-state index is 0.517. The Bertz CT molecular complexity index is 346. The van der Waals surface area contributed by atoms with Crippen molar-refractivity contribution in [2.75, 3.05) is 7.11 Å². The summed E-state index contributed by atoms with van der Waals surface area (Å²) in [5.41, 5.74) is 0. The van der Waals surface area contributed by atoms with Crippen molar-refractivity contribution in [1.82, 2.24) is 4.72 Å². The first-order valence-electron chi connectivity index (χ1n) is 5.93. The van der Waals surface area contributed by atoms with Gasteiger partial charge in [-0.15, -0.1) is 0 Å². The van der Waals surface area contributed by atoms with Crippen molar-refractivity contribution < 1.29 is 4.74 Å². The molecule has 0 aliphatic carbocycles. The van der Waals surface area contributed by atoms with E-state index < -0.39 is 0 Å². The maximum absolute atomic E-state index is 5.33. The van der Waals surface area contributed by atoms with Crippen LogP contribution in [0.15, 0.2) is 27.6 Å². The van der Waals surface area contributed by atoms with Crippen LogP contribution in [0.25, 0.3) is 0 Å². The van der Waals surface area contributed by atoms with Gasteiger partial charge in [0.25, 0.3) is 0 Å². The summed E-state index contributed by atoms with van der Waals surface area (Å²) >= 11 is 5.12. The molecule has 96 valence electrons. The fraction of sp³-hybridized carbons (Fsp3) is 0.538. The Hall–Kier alpha value is -0.190. The summed E-state index contributed by atoms with van der Waals surface area (Å²) in [7, 11) is 1.70. The zero-order valence-electron chi connectivity index (χ0n) is 10.6. The molecule has 0 bridgehead atoms. The zero-order chi connectivity index (χ0) is 12.7. The predicted molar refractivity (Wildman–Crippen MR) is 78.7 cm³/mol. The van der Waals surface area contributed by atoms with Crippen molar-refractivity contribution in [1.29, 1.82) is 0 Å². The highest BCUT2D eigenvalue weighted by Crippen LogP contribution is 2.30. The molecule has 1 rings (SSSR count). The smallest absolute Gasteiger partial charge is 0.133 e. The maximum Gasteiger partial charge on any atom is 0.133 e. The van der Waals surface area contributed by atoms with E-state index in [4.69, 9.17) is 4.74 Å². The van der Waals surface area contributed by atoms with E-state index in [1.165, 1.54) is 19.3 Å². The van der Waals surface area contributed by atoms with Gasteiger partial charge in [-0.1, -0.05) is 35.7 Å². The van der Waals surface area contributed by atoms with Crippen LogP contribution >= 0.6 is 27.9 Å². The predicted octanol–water partition coefficient (Wildman–Crippen LogP) is 4.63. The van der Waals surface area contributed by atoms with Gasteiger partial charge < -0.3 is 4.74 Å². The van der Waals surface area contributed by atoms with E-state index >= 15 is 0 Å². The number of methoxy groups -OCH3 is 1. The van der Waals surface area contributed by atoms with Gasteiger partial charge in [0.1, 0.15) is 5.75 Å². The number of benzene rings is 1. The average Bonchev–Trinajstić information content (AvgIpc) is 2.34. The summed E-state index contributed by atoms with van der Waals surface area (Å²) in [5.74, 6) is 0.911. The minimum Gasteiger partial charge on any atom is -0.496 e. The SMILES string of the molecule is CCCCC(C)NSc1cc(Br)ccc1OC. The van der Waals surface area contributed by atoms with Crippen LogP contribution in [-0.2, 0) is 0 Å². The lowest BCUT2D eigenvalue weighted by Crippen LogP contribution is -2.18. The summed E-state index contributed by atoms with van der Waals surface area (Å²) < 4.78 is 9.86. The van der Waals surface area contributed by atoms with Crippen LogP contribution < -0.4 is 9.46 Å². The van der Waals surface area contributed by atoms with E-state index in [0.717, 1.165) is 15.1 Å².